The van der Waals surface area contributed by atoms with E-state index in [0.717, 1.165) is 111 Å². The number of aryl methyl sites for hydroxylation is 1. The first-order valence-corrected chi connectivity index (χ1v) is 17.4. The van der Waals surface area contributed by atoms with Crippen molar-refractivity contribution in [3.63, 3.8) is 0 Å². The second-order valence-electron chi connectivity index (χ2n) is 12.9. The van der Waals surface area contributed by atoms with Crippen molar-refractivity contribution >= 4 is 35.0 Å². The van der Waals surface area contributed by atoms with Gasteiger partial charge in [0.25, 0.3) is 0 Å². The molecule has 0 atom stereocenters. The minimum atomic E-state index is -0.939. The number of ether oxygens (including phenoxy) is 1. The number of carbonyl (C=O) groups excluding carboxylic acids is 2. The number of aromatic nitrogens is 2. The van der Waals surface area contributed by atoms with Crippen LogP contribution >= 0.6 is 23.2 Å². The van der Waals surface area contributed by atoms with Crippen molar-refractivity contribution in [1.82, 2.24) is 24.5 Å². The van der Waals surface area contributed by atoms with Crippen molar-refractivity contribution in [1.29, 1.82) is 0 Å². The third-order valence-electron chi connectivity index (χ3n) is 9.75. The van der Waals surface area contributed by atoms with Crippen LogP contribution in [0.5, 0.6) is 0 Å². The summed E-state index contributed by atoms with van der Waals surface area (Å²) in [5.41, 5.74) is 15.1. The Hall–Kier alpha value is -3.73. The van der Waals surface area contributed by atoms with Crippen molar-refractivity contribution in [3.8, 4) is 22.4 Å². The van der Waals surface area contributed by atoms with E-state index >= 15 is 0 Å². The first-order chi connectivity index (χ1) is 23.3. The molecule has 7 rings (SSSR count). The first kappa shape index (κ1) is 32.8. The van der Waals surface area contributed by atoms with Gasteiger partial charge in [-0.3, -0.25) is 24.1 Å². The summed E-state index contributed by atoms with van der Waals surface area (Å²) in [6, 6.07) is 20.7. The van der Waals surface area contributed by atoms with E-state index in [9.17, 15) is 9.59 Å². The van der Waals surface area contributed by atoms with Crippen molar-refractivity contribution in [2.75, 3.05) is 45.9 Å². The van der Waals surface area contributed by atoms with Crippen LogP contribution in [-0.4, -0.2) is 82.2 Å². The predicted molar refractivity (Wildman–Crippen MR) is 188 cm³/mol. The maximum Gasteiger partial charge on any atom is 0.311 e. The number of halogens is 2. The van der Waals surface area contributed by atoms with Crippen LogP contribution in [0.4, 0.5) is 0 Å². The van der Waals surface area contributed by atoms with Gasteiger partial charge in [-0.1, -0.05) is 53.5 Å². The van der Waals surface area contributed by atoms with Gasteiger partial charge in [0.1, 0.15) is 0 Å². The average Bonchev–Trinajstić information content (AvgIpc) is 3.47. The molecule has 0 unspecified atom stereocenters. The molecule has 48 heavy (non-hydrogen) atoms. The third kappa shape index (κ3) is 7.16. The van der Waals surface area contributed by atoms with Gasteiger partial charge in [0.05, 0.1) is 25.5 Å². The Morgan fingerprint density at radius 2 is 1.60 bits per heavy atom. The van der Waals surface area contributed by atoms with Crippen LogP contribution in [0.3, 0.4) is 0 Å². The normalized spacial score (nSPS) is 16.8. The molecular weight excluding hydrogens is 647 g/mol. The van der Waals surface area contributed by atoms with Crippen LogP contribution in [0.1, 0.15) is 34.4 Å². The Bertz CT molecular complexity index is 1820. The van der Waals surface area contributed by atoms with Crippen molar-refractivity contribution in [3.05, 3.63) is 98.7 Å². The van der Waals surface area contributed by atoms with Gasteiger partial charge in [0, 0.05) is 91.2 Å². The molecule has 0 radical (unpaired) electrons. The molecule has 9 nitrogen and oxygen atoms in total. The highest BCUT2D eigenvalue weighted by Crippen LogP contribution is 2.37. The number of nitrogens with two attached hydrogens (primary N) is 1. The van der Waals surface area contributed by atoms with Gasteiger partial charge in [0.15, 0.2) is 0 Å². The summed E-state index contributed by atoms with van der Waals surface area (Å²) < 4.78 is 7.60. The molecule has 0 aliphatic carbocycles. The Morgan fingerprint density at radius 3 is 2.40 bits per heavy atom. The Labute approximate surface area is 291 Å². The van der Waals surface area contributed by atoms with E-state index in [1.807, 2.05) is 24.3 Å². The molecule has 1 saturated heterocycles. The summed E-state index contributed by atoms with van der Waals surface area (Å²) in [4.78, 5) is 30.9. The monoisotopic (exact) mass is 686 g/mol. The fraction of sp³-hybridized carbons (Fsp3) is 0.378. The molecule has 4 aromatic rings. The highest BCUT2D eigenvalue weighted by atomic mass is 35.5. The Balaban J connectivity index is 1.16. The second-order valence-corrected chi connectivity index (χ2v) is 13.8. The Morgan fingerprint density at radius 1 is 0.812 bits per heavy atom. The minimum Gasteiger partial charge on any atom is -0.379 e. The highest BCUT2D eigenvalue weighted by molar-refractivity contribution is 6.34. The number of nitrogens with zero attached hydrogens (tertiary/aromatic N) is 5. The number of fused-ring (bicyclic) bond motifs is 2. The van der Waals surface area contributed by atoms with Gasteiger partial charge < -0.3 is 15.4 Å². The van der Waals surface area contributed by atoms with Crippen LogP contribution in [0.2, 0.25) is 10.0 Å². The highest BCUT2D eigenvalue weighted by Gasteiger charge is 2.30. The fourth-order valence-electron chi connectivity index (χ4n) is 7.17. The largest absolute Gasteiger partial charge is 0.379 e. The van der Waals surface area contributed by atoms with E-state index in [2.05, 4.69) is 50.9 Å². The number of morpholine rings is 1. The van der Waals surface area contributed by atoms with E-state index in [-0.39, 0.29) is 6.54 Å². The summed E-state index contributed by atoms with van der Waals surface area (Å²) in [5, 5.41) is 6.55. The molecule has 2 amide bonds. The summed E-state index contributed by atoms with van der Waals surface area (Å²) in [7, 11) is 0. The van der Waals surface area contributed by atoms with Crippen LogP contribution in [0.25, 0.3) is 22.4 Å². The van der Waals surface area contributed by atoms with Gasteiger partial charge in [0.2, 0.25) is 0 Å². The van der Waals surface area contributed by atoms with Gasteiger partial charge in [-0.05, 0) is 65.4 Å². The molecule has 4 heterocycles. The quantitative estimate of drug-likeness (QED) is 0.257. The molecule has 3 aliphatic rings. The lowest BCUT2D eigenvalue weighted by molar-refractivity contribution is -0.144. The number of carbonyl (C=O) groups is 2. The molecule has 0 bridgehead atoms. The maximum absolute atomic E-state index is 12.6. The van der Waals surface area contributed by atoms with Crippen molar-refractivity contribution in [2.24, 2.45) is 5.73 Å². The molecule has 250 valence electrons. The third-order valence-corrected chi connectivity index (χ3v) is 10.3. The molecule has 3 aromatic carbocycles. The molecule has 3 aliphatic heterocycles. The molecule has 11 heteroatoms. The smallest absolute Gasteiger partial charge is 0.311 e. The number of amides is 2. The maximum atomic E-state index is 12.6. The van der Waals surface area contributed by atoms with Gasteiger partial charge in [-0.2, -0.15) is 5.10 Å². The minimum absolute atomic E-state index is 0.288. The topological polar surface area (TPSA) is 96.9 Å². The summed E-state index contributed by atoms with van der Waals surface area (Å²) in [6.07, 6.45) is 2.55. The van der Waals surface area contributed by atoms with Crippen LogP contribution in [0, 0.1) is 0 Å². The first-order valence-electron chi connectivity index (χ1n) is 16.7. The summed E-state index contributed by atoms with van der Waals surface area (Å²) >= 11 is 13.0. The zero-order chi connectivity index (χ0) is 33.2. The number of hydrogen-bond donors (Lipinski definition) is 1. The molecule has 0 spiro atoms. The van der Waals surface area contributed by atoms with E-state index in [4.69, 9.17) is 38.8 Å². The number of benzene rings is 3. The number of rotatable bonds is 8. The molecule has 1 aromatic heterocycles. The molecule has 0 saturated carbocycles. The second kappa shape index (κ2) is 14.4. The zero-order valence-electron chi connectivity index (χ0n) is 27.0. The SMILES string of the molecule is NC(=O)C(=O)N1CCc2c(c(-c3ccc(Cl)c(-c4ccc5c(c4)CN(Cc4ccc(Cl)cc4)CC5)c3)nn2CCCN2CCOCC2)C1. The molecular formula is C37H40Cl2N6O3. The van der Waals surface area contributed by atoms with Gasteiger partial charge in [-0.25, -0.2) is 0 Å². The van der Waals surface area contributed by atoms with Crippen molar-refractivity contribution in [2.45, 2.75) is 45.4 Å². The van der Waals surface area contributed by atoms with Crippen LogP contribution in [0.15, 0.2) is 60.7 Å². The van der Waals surface area contributed by atoms with Crippen LogP contribution < -0.4 is 5.73 Å². The van der Waals surface area contributed by atoms with Crippen LogP contribution in [-0.2, 0) is 53.3 Å². The zero-order valence-corrected chi connectivity index (χ0v) is 28.5. The van der Waals surface area contributed by atoms with E-state index < -0.39 is 11.8 Å². The lowest BCUT2D eigenvalue weighted by Crippen LogP contribution is -2.43. The van der Waals surface area contributed by atoms with Crippen molar-refractivity contribution < 1.29 is 14.3 Å². The average molecular weight is 688 g/mol. The van der Waals surface area contributed by atoms with E-state index in [0.29, 0.717) is 18.0 Å². The standard InChI is InChI=1S/C37H40Cl2N6O3/c38-30-7-2-25(3-8-30)22-43-14-10-26-4-5-27(20-29(26)23-43)31-21-28(6-9-33(31)39)35-32-24-44(37(47)36(40)46)15-11-34(32)45(41-35)13-1-12-42-16-18-48-19-17-42/h2-9,20-21H,1,10-19,22-24H2,(H2,40,46). The number of primary amides is 1. The van der Waals surface area contributed by atoms with E-state index in [1.165, 1.54) is 21.6 Å². The molecule has 1 fully saturated rings. The van der Waals surface area contributed by atoms with Gasteiger partial charge in [-0.15, -0.1) is 0 Å². The molecule has 2 N–H and O–H groups in total. The van der Waals surface area contributed by atoms with E-state index in [1.54, 1.807) is 0 Å². The van der Waals surface area contributed by atoms with Gasteiger partial charge >= 0.3 is 11.8 Å². The fourth-order valence-corrected chi connectivity index (χ4v) is 7.52. The lowest BCUT2D eigenvalue weighted by atomic mass is 9.93. The lowest BCUT2D eigenvalue weighted by Gasteiger charge is -2.29. The predicted octanol–water partition coefficient (Wildman–Crippen LogP) is 5.17. The Kier molecular flexibility index (Phi) is 9.84. The summed E-state index contributed by atoms with van der Waals surface area (Å²) in [6.45, 7) is 8.62. The summed E-state index contributed by atoms with van der Waals surface area (Å²) in [5.74, 6) is -1.60. The number of hydrogen-bond acceptors (Lipinski definition) is 6.